The summed E-state index contributed by atoms with van der Waals surface area (Å²) in [6.45, 7) is 2.17. The van der Waals surface area contributed by atoms with E-state index in [9.17, 15) is 22.8 Å². The largest absolute Gasteiger partial charge is 0.406 e. The van der Waals surface area contributed by atoms with Gasteiger partial charge >= 0.3 is 6.18 Å². The number of hydrogen-bond acceptors (Lipinski definition) is 2. The molecule has 2 amide bonds. The Kier molecular flexibility index (Phi) is 4.97. The molecule has 0 aromatic heterocycles. The van der Waals surface area contributed by atoms with Crippen LogP contribution in [0.3, 0.4) is 0 Å². The average molecular weight is 328 g/mol. The summed E-state index contributed by atoms with van der Waals surface area (Å²) in [5.74, 6) is -1.69. The van der Waals surface area contributed by atoms with Gasteiger partial charge in [-0.25, -0.2) is 0 Å². The van der Waals surface area contributed by atoms with Crippen molar-refractivity contribution in [3.8, 4) is 0 Å². The van der Waals surface area contributed by atoms with E-state index < -0.39 is 24.5 Å². The van der Waals surface area contributed by atoms with Gasteiger partial charge in [-0.05, 0) is 26.0 Å². The monoisotopic (exact) mass is 328 g/mol. The lowest BCUT2D eigenvalue weighted by Gasteiger charge is -2.29. The van der Waals surface area contributed by atoms with Crippen LogP contribution in [0.25, 0.3) is 0 Å². The quantitative estimate of drug-likeness (QED) is 0.853. The molecular weight excluding hydrogens is 309 g/mol. The number of amides is 2. The van der Waals surface area contributed by atoms with Gasteiger partial charge in [0, 0.05) is 24.7 Å². The van der Waals surface area contributed by atoms with Crippen molar-refractivity contribution in [2.45, 2.75) is 32.5 Å². The third-order valence-corrected chi connectivity index (χ3v) is 3.72. The molecule has 1 unspecified atom stereocenters. The van der Waals surface area contributed by atoms with E-state index >= 15 is 0 Å². The van der Waals surface area contributed by atoms with Crippen molar-refractivity contribution in [2.75, 3.05) is 18.0 Å². The van der Waals surface area contributed by atoms with Crippen LogP contribution in [0.2, 0.25) is 0 Å². The van der Waals surface area contributed by atoms with Crippen LogP contribution in [-0.4, -0.2) is 42.0 Å². The molecule has 4 nitrogen and oxygen atoms in total. The highest BCUT2D eigenvalue weighted by Gasteiger charge is 2.42. The topological polar surface area (TPSA) is 40.6 Å². The number of anilines is 1. The number of hydrogen-bond donors (Lipinski definition) is 0. The van der Waals surface area contributed by atoms with Gasteiger partial charge in [0.1, 0.15) is 6.54 Å². The standard InChI is InChI=1S/C16H19F3N2O2/c1-11(2)21(13-6-4-3-5-7-13)15(23)12-8-14(22)20(9-12)10-16(17,18)19/h3-7,11-12H,8-10H2,1-2H3. The second-order valence-corrected chi connectivity index (χ2v) is 5.93. The van der Waals surface area contributed by atoms with Crippen molar-refractivity contribution in [3.63, 3.8) is 0 Å². The molecule has 1 fully saturated rings. The number of benzene rings is 1. The molecule has 1 aliphatic heterocycles. The molecule has 1 saturated heterocycles. The van der Waals surface area contributed by atoms with Crippen molar-refractivity contribution < 1.29 is 22.8 Å². The number of alkyl halides is 3. The lowest BCUT2D eigenvalue weighted by molar-refractivity contribution is -0.157. The Morgan fingerprint density at radius 2 is 1.91 bits per heavy atom. The lowest BCUT2D eigenvalue weighted by Crippen LogP contribution is -2.42. The first-order chi connectivity index (χ1) is 10.7. The summed E-state index contributed by atoms with van der Waals surface area (Å²) in [6.07, 6.45) is -4.63. The molecule has 1 aromatic rings. The van der Waals surface area contributed by atoms with Gasteiger partial charge in [0.05, 0.1) is 5.92 Å². The molecule has 1 atom stereocenters. The molecule has 0 radical (unpaired) electrons. The smallest absolute Gasteiger partial charge is 0.333 e. The van der Waals surface area contributed by atoms with Crippen LogP contribution in [0.4, 0.5) is 18.9 Å². The van der Waals surface area contributed by atoms with Crippen molar-refractivity contribution in [2.24, 2.45) is 5.92 Å². The Morgan fingerprint density at radius 1 is 1.30 bits per heavy atom. The number of halogens is 3. The Bertz CT molecular complexity index is 572. The zero-order chi connectivity index (χ0) is 17.2. The predicted molar refractivity (Wildman–Crippen MR) is 79.8 cm³/mol. The van der Waals surface area contributed by atoms with Crippen LogP contribution in [0, 0.1) is 5.92 Å². The van der Waals surface area contributed by atoms with E-state index in [1.165, 1.54) is 4.90 Å². The zero-order valence-electron chi connectivity index (χ0n) is 13.0. The molecule has 1 aliphatic rings. The lowest BCUT2D eigenvalue weighted by atomic mass is 10.1. The maximum absolute atomic E-state index is 12.7. The SMILES string of the molecule is CC(C)N(C(=O)C1CC(=O)N(CC(F)(F)F)C1)c1ccccc1. The number of carbonyl (C=O) groups excluding carboxylic acids is 2. The molecule has 126 valence electrons. The molecule has 0 N–H and O–H groups in total. The van der Waals surface area contributed by atoms with Gasteiger partial charge in [-0.15, -0.1) is 0 Å². The second kappa shape index (κ2) is 6.60. The third-order valence-electron chi connectivity index (χ3n) is 3.72. The normalized spacial score (nSPS) is 18.6. The van der Waals surface area contributed by atoms with Crippen LogP contribution in [-0.2, 0) is 9.59 Å². The summed E-state index contributed by atoms with van der Waals surface area (Å²) >= 11 is 0. The van der Waals surface area contributed by atoms with Crippen molar-refractivity contribution in [3.05, 3.63) is 30.3 Å². The molecular formula is C16H19F3N2O2. The fraction of sp³-hybridized carbons (Fsp3) is 0.500. The first-order valence-corrected chi connectivity index (χ1v) is 7.41. The van der Waals surface area contributed by atoms with Crippen molar-refractivity contribution in [1.82, 2.24) is 4.90 Å². The van der Waals surface area contributed by atoms with Gasteiger partial charge in [0.15, 0.2) is 0 Å². The number of rotatable bonds is 4. The molecule has 2 rings (SSSR count). The number of para-hydroxylation sites is 1. The predicted octanol–water partition coefficient (Wildman–Crippen LogP) is 2.84. The molecule has 23 heavy (non-hydrogen) atoms. The van der Waals surface area contributed by atoms with E-state index in [2.05, 4.69) is 0 Å². The Balaban J connectivity index is 2.14. The van der Waals surface area contributed by atoms with E-state index in [4.69, 9.17) is 0 Å². The number of nitrogens with zero attached hydrogens (tertiary/aromatic N) is 2. The molecule has 0 saturated carbocycles. The maximum atomic E-state index is 12.7. The fourth-order valence-electron chi connectivity index (χ4n) is 2.77. The zero-order valence-corrected chi connectivity index (χ0v) is 13.0. The molecule has 1 aromatic carbocycles. The van der Waals surface area contributed by atoms with Crippen LogP contribution in [0.15, 0.2) is 30.3 Å². The molecule has 1 heterocycles. The molecule has 0 aliphatic carbocycles. The van der Waals surface area contributed by atoms with E-state index in [1.807, 2.05) is 19.9 Å². The van der Waals surface area contributed by atoms with Crippen molar-refractivity contribution in [1.29, 1.82) is 0 Å². The Hall–Kier alpha value is -2.05. The molecule has 0 bridgehead atoms. The van der Waals surface area contributed by atoms with Crippen LogP contribution >= 0.6 is 0 Å². The van der Waals surface area contributed by atoms with E-state index in [0.29, 0.717) is 10.6 Å². The van der Waals surface area contributed by atoms with Crippen LogP contribution in [0.5, 0.6) is 0 Å². The average Bonchev–Trinajstić information content (AvgIpc) is 2.79. The van der Waals surface area contributed by atoms with Crippen molar-refractivity contribution >= 4 is 17.5 Å². The summed E-state index contributed by atoms with van der Waals surface area (Å²) in [5, 5.41) is 0. The third kappa shape index (κ3) is 4.24. The highest BCUT2D eigenvalue weighted by molar-refractivity contribution is 5.99. The Labute approximate surface area is 132 Å². The highest BCUT2D eigenvalue weighted by Crippen LogP contribution is 2.27. The van der Waals surface area contributed by atoms with E-state index in [1.54, 1.807) is 24.3 Å². The van der Waals surface area contributed by atoms with Gasteiger partial charge in [-0.2, -0.15) is 13.2 Å². The Morgan fingerprint density at radius 3 is 2.43 bits per heavy atom. The minimum Gasteiger partial charge on any atom is -0.333 e. The van der Waals surface area contributed by atoms with Gasteiger partial charge in [-0.1, -0.05) is 18.2 Å². The first-order valence-electron chi connectivity index (χ1n) is 7.41. The van der Waals surface area contributed by atoms with Gasteiger partial charge in [0.2, 0.25) is 11.8 Å². The minimum atomic E-state index is -4.45. The minimum absolute atomic E-state index is 0.156. The highest BCUT2D eigenvalue weighted by atomic mass is 19.4. The van der Waals surface area contributed by atoms with Crippen LogP contribution in [0.1, 0.15) is 20.3 Å². The second-order valence-electron chi connectivity index (χ2n) is 5.93. The maximum Gasteiger partial charge on any atom is 0.406 e. The summed E-state index contributed by atoms with van der Waals surface area (Å²) in [5.41, 5.74) is 0.675. The molecule has 0 spiro atoms. The molecule has 7 heteroatoms. The fourth-order valence-corrected chi connectivity index (χ4v) is 2.77. The van der Waals surface area contributed by atoms with E-state index in [-0.39, 0.29) is 24.9 Å². The van der Waals surface area contributed by atoms with Gasteiger partial charge in [0.25, 0.3) is 0 Å². The van der Waals surface area contributed by atoms with E-state index in [0.717, 1.165) is 0 Å². The number of likely N-dealkylation sites (tertiary alicyclic amines) is 1. The summed E-state index contributed by atoms with van der Waals surface area (Å²) < 4.78 is 37.4. The van der Waals surface area contributed by atoms with Crippen LogP contribution < -0.4 is 4.90 Å². The number of carbonyl (C=O) groups is 2. The van der Waals surface area contributed by atoms with Gasteiger partial charge in [-0.3, -0.25) is 9.59 Å². The van der Waals surface area contributed by atoms with Gasteiger partial charge < -0.3 is 9.80 Å². The summed E-state index contributed by atoms with van der Waals surface area (Å²) in [6, 6.07) is 8.76. The summed E-state index contributed by atoms with van der Waals surface area (Å²) in [7, 11) is 0. The first kappa shape index (κ1) is 17.3. The summed E-state index contributed by atoms with van der Waals surface area (Å²) in [4.78, 5) is 26.7.